The standard InChI is InChI=1S/C16H16N6O3/c1-9-4-3-5-13(18-9)22-15(17)20-16(21-22)19-10-6-11(23-2)14-12(7-10)24-8-25-14/h3-7H,8H2,1-2H3,(H3,17,19,20,21). The fourth-order valence-corrected chi connectivity index (χ4v) is 2.52. The molecule has 0 unspecified atom stereocenters. The van der Waals surface area contributed by atoms with Crippen molar-refractivity contribution >= 4 is 17.6 Å². The lowest BCUT2D eigenvalue weighted by Gasteiger charge is -2.08. The number of fused-ring (bicyclic) bond motifs is 1. The summed E-state index contributed by atoms with van der Waals surface area (Å²) in [5, 5.41) is 7.45. The van der Waals surface area contributed by atoms with Crippen molar-refractivity contribution in [3.8, 4) is 23.1 Å². The summed E-state index contributed by atoms with van der Waals surface area (Å²) >= 11 is 0. The van der Waals surface area contributed by atoms with Crippen LogP contribution in [0.3, 0.4) is 0 Å². The van der Waals surface area contributed by atoms with Gasteiger partial charge in [0.25, 0.3) is 0 Å². The van der Waals surface area contributed by atoms with Crippen molar-refractivity contribution in [2.45, 2.75) is 6.92 Å². The summed E-state index contributed by atoms with van der Waals surface area (Å²) in [7, 11) is 1.56. The van der Waals surface area contributed by atoms with E-state index in [1.807, 2.05) is 25.1 Å². The first-order valence-electron chi connectivity index (χ1n) is 7.55. The third-order valence-corrected chi connectivity index (χ3v) is 3.64. The molecule has 0 radical (unpaired) electrons. The van der Waals surface area contributed by atoms with Crippen LogP contribution in [0.2, 0.25) is 0 Å². The molecule has 9 heteroatoms. The van der Waals surface area contributed by atoms with Crippen molar-refractivity contribution < 1.29 is 14.2 Å². The Bertz CT molecular complexity index is 940. The van der Waals surface area contributed by atoms with Gasteiger partial charge in [-0.05, 0) is 19.1 Å². The lowest BCUT2D eigenvalue weighted by atomic mass is 10.2. The van der Waals surface area contributed by atoms with Crippen molar-refractivity contribution in [2.75, 3.05) is 25.0 Å². The molecule has 1 aliphatic rings. The fraction of sp³-hybridized carbons (Fsp3) is 0.188. The Kier molecular flexibility index (Phi) is 3.53. The van der Waals surface area contributed by atoms with Gasteiger partial charge < -0.3 is 25.3 Å². The minimum absolute atomic E-state index is 0.161. The number of methoxy groups -OCH3 is 1. The van der Waals surface area contributed by atoms with Crippen LogP contribution in [0.25, 0.3) is 5.82 Å². The molecule has 0 fully saturated rings. The number of pyridine rings is 1. The molecule has 0 aliphatic carbocycles. The van der Waals surface area contributed by atoms with Crippen LogP contribution in [0.1, 0.15) is 5.69 Å². The summed E-state index contributed by atoms with van der Waals surface area (Å²) in [6.45, 7) is 2.06. The van der Waals surface area contributed by atoms with Crippen molar-refractivity contribution in [3.05, 3.63) is 36.0 Å². The van der Waals surface area contributed by atoms with E-state index >= 15 is 0 Å². The number of aryl methyl sites for hydroxylation is 1. The highest BCUT2D eigenvalue weighted by Gasteiger charge is 2.21. The van der Waals surface area contributed by atoms with Crippen molar-refractivity contribution in [2.24, 2.45) is 0 Å². The van der Waals surface area contributed by atoms with Crippen LogP contribution in [0.5, 0.6) is 17.2 Å². The number of rotatable bonds is 4. The van der Waals surface area contributed by atoms with Crippen molar-refractivity contribution in [3.63, 3.8) is 0 Å². The van der Waals surface area contributed by atoms with Gasteiger partial charge in [0.1, 0.15) is 0 Å². The first-order chi connectivity index (χ1) is 12.1. The quantitative estimate of drug-likeness (QED) is 0.742. The zero-order chi connectivity index (χ0) is 17.4. The molecule has 2 aromatic heterocycles. The van der Waals surface area contributed by atoms with Gasteiger partial charge in [0.15, 0.2) is 17.3 Å². The van der Waals surface area contributed by atoms with Crippen LogP contribution in [0.15, 0.2) is 30.3 Å². The summed E-state index contributed by atoms with van der Waals surface area (Å²) in [6.07, 6.45) is 0. The van der Waals surface area contributed by atoms with Crippen LogP contribution in [0.4, 0.5) is 17.6 Å². The Hall–Kier alpha value is -3.49. The Morgan fingerprint density at radius 1 is 1.24 bits per heavy atom. The zero-order valence-corrected chi connectivity index (χ0v) is 13.7. The maximum absolute atomic E-state index is 5.96. The van der Waals surface area contributed by atoms with Gasteiger partial charge in [-0.2, -0.15) is 9.67 Å². The van der Waals surface area contributed by atoms with Gasteiger partial charge in [-0.15, -0.1) is 5.10 Å². The molecule has 3 N–H and O–H groups in total. The summed E-state index contributed by atoms with van der Waals surface area (Å²) in [5.74, 6) is 2.89. The summed E-state index contributed by atoms with van der Waals surface area (Å²) < 4.78 is 17.6. The van der Waals surface area contributed by atoms with Crippen LogP contribution < -0.4 is 25.3 Å². The molecule has 0 saturated heterocycles. The average Bonchev–Trinajstić information content (AvgIpc) is 3.20. The topological polar surface area (TPSA) is 109 Å². The number of nitrogens with one attached hydrogen (secondary N) is 1. The smallest absolute Gasteiger partial charge is 0.248 e. The predicted molar refractivity (Wildman–Crippen MR) is 90.7 cm³/mol. The largest absolute Gasteiger partial charge is 0.493 e. The number of nitrogens with zero attached hydrogens (tertiary/aromatic N) is 4. The minimum atomic E-state index is 0.161. The third kappa shape index (κ3) is 2.75. The summed E-state index contributed by atoms with van der Waals surface area (Å²) in [5.41, 5.74) is 7.52. The number of hydrogen-bond donors (Lipinski definition) is 2. The molecule has 3 heterocycles. The molecule has 0 atom stereocenters. The summed E-state index contributed by atoms with van der Waals surface area (Å²) in [4.78, 5) is 8.62. The molecule has 3 aromatic rings. The summed E-state index contributed by atoms with van der Waals surface area (Å²) in [6, 6.07) is 9.15. The number of ether oxygens (including phenoxy) is 3. The Morgan fingerprint density at radius 3 is 2.92 bits per heavy atom. The second kappa shape index (κ2) is 5.86. The van der Waals surface area contributed by atoms with Gasteiger partial charge in [0, 0.05) is 23.5 Å². The van der Waals surface area contributed by atoms with Gasteiger partial charge in [-0.25, -0.2) is 4.98 Å². The number of nitrogen functional groups attached to an aromatic ring is 1. The maximum Gasteiger partial charge on any atom is 0.248 e. The van der Waals surface area contributed by atoms with Crippen LogP contribution in [-0.2, 0) is 0 Å². The molecule has 0 spiro atoms. The number of benzene rings is 1. The Balaban J connectivity index is 1.65. The van der Waals surface area contributed by atoms with E-state index < -0.39 is 0 Å². The van der Waals surface area contributed by atoms with E-state index in [0.29, 0.717) is 34.7 Å². The number of aromatic nitrogens is 4. The normalized spacial score (nSPS) is 12.2. The third-order valence-electron chi connectivity index (χ3n) is 3.64. The van der Waals surface area contributed by atoms with Crippen molar-refractivity contribution in [1.29, 1.82) is 0 Å². The lowest BCUT2D eigenvalue weighted by Crippen LogP contribution is -2.05. The number of anilines is 3. The molecular formula is C16H16N6O3. The maximum atomic E-state index is 5.96. The van der Waals surface area contributed by atoms with E-state index in [0.717, 1.165) is 5.69 Å². The first-order valence-corrected chi connectivity index (χ1v) is 7.55. The highest BCUT2D eigenvalue weighted by molar-refractivity contribution is 5.66. The van der Waals surface area contributed by atoms with Crippen LogP contribution >= 0.6 is 0 Å². The fourth-order valence-electron chi connectivity index (χ4n) is 2.52. The molecule has 0 bridgehead atoms. The second-order valence-electron chi connectivity index (χ2n) is 5.38. The van der Waals surface area contributed by atoms with Crippen LogP contribution in [-0.4, -0.2) is 33.7 Å². The molecule has 0 amide bonds. The van der Waals surface area contributed by atoms with E-state index in [-0.39, 0.29) is 12.7 Å². The van der Waals surface area contributed by atoms with E-state index in [9.17, 15) is 0 Å². The van der Waals surface area contributed by atoms with Gasteiger partial charge >= 0.3 is 0 Å². The second-order valence-corrected chi connectivity index (χ2v) is 5.38. The molecule has 128 valence electrons. The lowest BCUT2D eigenvalue weighted by molar-refractivity contribution is 0.171. The molecule has 9 nitrogen and oxygen atoms in total. The van der Waals surface area contributed by atoms with E-state index in [1.54, 1.807) is 19.2 Å². The van der Waals surface area contributed by atoms with Gasteiger partial charge in [-0.1, -0.05) is 6.07 Å². The molecule has 25 heavy (non-hydrogen) atoms. The average molecular weight is 340 g/mol. The van der Waals surface area contributed by atoms with Crippen LogP contribution in [0, 0.1) is 6.92 Å². The minimum Gasteiger partial charge on any atom is -0.493 e. The first kappa shape index (κ1) is 15.1. The van der Waals surface area contributed by atoms with E-state index in [4.69, 9.17) is 19.9 Å². The zero-order valence-electron chi connectivity index (χ0n) is 13.7. The Morgan fingerprint density at radius 2 is 2.12 bits per heavy atom. The number of hydrogen-bond acceptors (Lipinski definition) is 8. The Labute approximate surface area is 143 Å². The molecule has 0 saturated carbocycles. The van der Waals surface area contributed by atoms with Gasteiger partial charge in [0.05, 0.1) is 7.11 Å². The molecular weight excluding hydrogens is 324 g/mol. The van der Waals surface area contributed by atoms with Gasteiger partial charge in [-0.3, -0.25) is 0 Å². The van der Waals surface area contributed by atoms with Crippen molar-refractivity contribution in [1.82, 2.24) is 19.7 Å². The van der Waals surface area contributed by atoms with E-state index in [2.05, 4.69) is 20.4 Å². The molecule has 1 aliphatic heterocycles. The van der Waals surface area contributed by atoms with Gasteiger partial charge in [0.2, 0.25) is 24.4 Å². The number of nitrogens with two attached hydrogens (primary N) is 1. The molecule has 4 rings (SSSR count). The predicted octanol–water partition coefficient (Wildman–Crippen LogP) is 2.03. The monoisotopic (exact) mass is 340 g/mol. The molecule has 1 aromatic carbocycles. The highest BCUT2D eigenvalue weighted by Crippen LogP contribution is 2.43. The SMILES string of the molecule is COc1cc(Nc2nc(N)n(-c3cccc(C)n3)n2)cc2c1OCO2. The van der Waals surface area contributed by atoms with E-state index in [1.165, 1.54) is 4.68 Å². The highest BCUT2D eigenvalue weighted by atomic mass is 16.7.